The summed E-state index contributed by atoms with van der Waals surface area (Å²) in [5, 5.41) is 6.58. The highest BCUT2D eigenvalue weighted by Gasteiger charge is 2.11. The average Bonchev–Trinajstić information content (AvgIpc) is 2.94. The minimum absolute atomic E-state index is 0.136. The van der Waals surface area contributed by atoms with Gasteiger partial charge in [0.15, 0.2) is 0 Å². The minimum Gasteiger partial charge on any atom is -0.385 e. The molecule has 0 aliphatic rings. The fourth-order valence-electron chi connectivity index (χ4n) is 1.86. The van der Waals surface area contributed by atoms with Crippen molar-refractivity contribution in [2.75, 3.05) is 18.4 Å². The number of carbonyl (C=O) groups is 1. The van der Waals surface area contributed by atoms with Crippen LogP contribution in [0.15, 0.2) is 36.9 Å². The summed E-state index contributed by atoms with van der Waals surface area (Å²) in [5.74, 6) is -0.136. The Hall–Kier alpha value is -2.01. The van der Waals surface area contributed by atoms with Crippen LogP contribution >= 0.6 is 11.6 Å². The van der Waals surface area contributed by atoms with Crippen molar-refractivity contribution in [1.29, 1.82) is 0 Å². The number of hydrogen-bond acceptors (Lipinski definition) is 3. The van der Waals surface area contributed by atoms with Gasteiger partial charge in [0.25, 0.3) is 5.91 Å². The van der Waals surface area contributed by atoms with E-state index in [-0.39, 0.29) is 5.91 Å². The predicted molar refractivity (Wildman–Crippen MR) is 80.2 cm³/mol. The van der Waals surface area contributed by atoms with Crippen LogP contribution < -0.4 is 10.6 Å². The molecule has 1 aromatic carbocycles. The lowest BCUT2D eigenvalue weighted by Crippen LogP contribution is -2.27. The van der Waals surface area contributed by atoms with Gasteiger partial charge >= 0.3 is 0 Å². The number of halogens is 1. The highest BCUT2D eigenvalue weighted by Crippen LogP contribution is 2.20. The molecule has 5 nitrogen and oxygen atoms in total. The molecule has 0 fully saturated rings. The van der Waals surface area contributed by atoms with Gasteiger partial charge in [-0.3, -0.25) is 4.79 Å². The Kier molecular flexibility index (Phi) is 5.01. The smallest absolute Gasteiger partial charge is 0.253 e. The first-order valence-corrected chi connectivity index (χ1v) is 6.86. The molecule has 1 amide bonds. The first kappa shape index (κ1) is 14.4. The number of amides is 1. The molecule has 0 spiro atoms. The summed E-state index contributed by atoms with van der Waals surface area (Å²) in [6.45, 7) is 3.95. The molecule has 0 saturated heterocycles. The molecule has 0 aliphatic heterocycles. The quantitative estimate of drug-likeness (QED) is 0.859. The molecule has 6 heteroatoms. The lowest BCUT2D eigenvalue weighted by atomic mass is 10.1. The molecule has 0 atom stereocenters. The maximum atomic E-state index is 12.2. The molecule has 0 bridgehead atoms. The monoisotopic (exact) mass is 292 g/mol. The third kappa shape index (κ3) is 3.74. The van der Waals surface area contributed by atoms with Gasteiger partial charge in [-0.25, -0.2) is 4.98 Å². The Morgan fingerprint density at radius 3 is 3.00 bits per heavy atom. The summed E-state index contributed by atoms with van der Waals surface area (Å²) < 4.78 is 1.91. The largest absolute Gasteiger partial charge is 0.385 e. The van der Waals surface area contributed by atoms with Gasteiger partial charge in [0.1, 0.15) is 0 Å². The van der Waals surface area contributed by atoms with E-state index in [0.29, 0.717) is 23.7 Å². The van der Waals surface area contributed by atoms with Crippen LogP contribution in [0.3, 0.4) is 0 Å². The van der Waals surface area contributed by atoms with E-state index in [1.807, 2.05) is 23.8 Å². The van der Waals surface area contributed by atoms with Crippen molar-refractivity contribution in [2.24, 2.45) is 0 Å². The molecule has 0 unspecified atom stereocenters. The van der Waals surface area contributed by atoms with E-state index in [9.17, 15) is 4.79 Å². The van der Waals surface area contributed by atoms with Crippen molar-refractivity contribution in [3.8, 4) is 0 Å². The SMILES string of the molecule is CCNc1ccc(Cl)cc1C(=O)NCCn1ccnc1. The zero-order valence-corrected chi connectivity index (χ0v) is 12.0. The van der Waals surface area contributed by atoms with Crippen LogP contribution in [-0.2, 0) is 6.54 Å². The summed E-state index contributed by atoms with van der Waals surface area (Å²) >= 11 is 5.96. The standard InChI is InChI=1S/C14H17ClN4O/c1-2-17-13-4-3-11(15)9-12(13)14(20)18-6-8-19-7-5-16-10-19/h3-5,7,9-10,17H,2,6,8H2,1H3,(H,18,20). The average molecular weight is 293 g/mol. The lowest BCUT2D eigenvalue weighted by Gasteiger charge is -2.11. The van der Waals surface area contributed by atoms with E-state index in [1.165, 1.54) is 0 Å². The first-order valence-electron chi connectivity index (χ1n) is 6.48. The Morgan fingerprint density at radius 1 is 1.45 bits per heavy atom. The van der Waals surface area contributed by atoms with Crippen LogP contribution in [0.4, 0.5) is 5.69 Å². The van der Waals surface area contributed by atoms with Crippen LogP contribution in [0.5, 0.6) is 0 Å². The number of benzene rings is 1. The lowest BCUT2D eigenvalue weighted by molar-refractivity contribution is 0.0953. The van der Waals surface area contributed by atoms with Crippen LogP contribution in [0, 0.1) is 0 Å². The molecule has 1 aromatic heterocycles. The number of aromatic nitrogens is 2. The number of carbonyl (C=O) groups excluding carboxylic acids is 1. The molecule has 1 heterocycles. The van der Waals surface area contributed by atoms with E-state index in [4.69, 9.17) is 11.6 Å². The Bertz CT molecular complexity index is 569. The van der Waals surface area contributed by atoms with Crippen LogP contribution in [-0.4, -0.2) is 28.5 Å². The van der Waals surface area contributed by atoms with E-state index in [1.54, 1.807) is 24.7 Å². The topological polar surface area (TPSA) is 59.0 Å². The van der Waals surface area contributed by atoms with Crippen molar-refractivity contribution in [2.45, 2.75) is 13.5 Å². The van der Waals surface area contributed by atoms with E-state index in [2.05, 4.69) is 15.6 Å². The van der Waals surface area contributed by atoms with Crippen molar-refractivity contribution in [3.63, 3.8) is 0 Å². The van der Waals surface area contributed by atoms with Crippen LogP contribution in [0.2, 0.25) is 5.02 Å². The number of nitrogens with zero attached hydrogens (tertiary/aromatic N) is 2. The first-order chi connectivity index (χ1) is 9.70. The van der Waals surface area contributed by atoms with Crippen molar-refractivity contribution in [3.05, 3.63) is 47.5 Å². The second-order valence-corrected chi connectivity index (χ2v) is 4.71. The summed E-state index contributed by atoms with van der Waals surface area (Å²) in [7, 11) is 0. The van der Waals surface area contributed by atoms with Gasteiger partial charge in [0, 0.05) is 42.7 Å². The molecule has 106 valence electrons. The van der Waals surface area contributed by atoms with Gasteiger partial charge in [0.2, 0.25) is 0 Å². The molecule has 2 N–H and O–H groups in total. The fraction of sp³-hybridized carbons (Fsp3) is 0.286. The normalized spacial score (nSPS) is 10.3. The molecule has 20 heavy (non-hydrogen) atoms. The molecule has 0 saturated carbocycles. The molecule has 2 aromatic rings. The van der Waals surface area contributed by atoms with Crippen LogP contribution in [0.25, 0.3) is 0 Å². The van der Waals surface area contributed by atoms with Gasteiger partial charge in [-0.05, 0) is 25.1 Å². The highest BCUT2D eigenvalue weighted by atomic mass is 35.5. The third-order valence-corrected chi connectivity index (χ3v) is 3.04. The summed E-state index contributed by atoms with van der Waals surface area (Å²) in [6, 6.07) is 5.25. The van der Waals surface area contributed by atoms with Gasteiger partial charge in [-0.2, -0.15) is 0 Å². The Labute approximate surface area is 123 Å². The zero-order valence-electron chi connectivity index (χ0n) is 11.3. The molecular weight excluding hydrogens is 276 g/mol. The van der Waals surface area contributed by atoms with Gasteiger partial charge in [-0.15, -0.1) is 0 Å². The number of imidazole rings is 1. The highest BCUT2D eigenvalue weighted by molar-refractivity contribution is 6.31. The Morgan fingerprint density at radius 2 is 2.30 bits per heavy atom. The number of anilines is 1. The number of hydrogen-bond donors (Lipinski definition) is 2. The Balaban J connectivity index is 1.99. The van der Waals surface area contributed by atoms with Crippen molar-refractivity contribution >= 4 is 23.2 Å². The maximum Gasteiger partial charge on any atom is 0.253 e. The van der Waals surface area contributed by atoms with Gasteiger partial charge < -0.3 is 15.2 Å². The minimum atomic E-state index is -0.136. The van der Waals surface area contributed by atoms with E-state index in [0.717, 1.165) is 12.2 Å². The molecule has 0 radical (unpaired) electrons. The maximum absolute atomic E-state index is 12.2. The van der Waals surface area contributed by atoms with E-state index >= 15 is 0 Å². The van der Waals surface area contributed by atoms with Crippen molar-refractivity contribution < 1.29 is 4.79 Å². The van der Waals surface area contributed by atoms with Crippen LogP contribution in [0.1, 0.15) is 17.3 Å². The summed E-state index contributed by atoms with van der Waals surface area (Å²) in [6.07, 6.45) is 5.29. The zero-order chi connectivity index (χ0) is 14.4. The van der Waals surface area contributed by atoms with Gasteiger partial charge in [-0.1, -0.05) is 11.6 Å². The molecule has 0 aliphatic carbocycles. The van der Waals surface area contributed by atoms with Crippen molar-refractivity contribution in [1.82, 2.24) is 14.9 Å². The number of nitrogens with one attached hydrogen (secondary N) is 2. The fourth-order valence-corrected chi connectivity index (χ4v) is 2.03. The third-order valence-electron chi connectivity index (χ3n) is 2.81. The molecular formula is C14H17ClN4O. The van der Waals surface area contributed by atoms with Gasteiger partial charge in [0.05, 0.1) is 11.9 Å². The number of rotatable bonds is 6. The summed E-state index contributed by atoms with van der Waals surface area (Å²) in [4.78, 5) is 16.1. The summed E-state index contributed by atoms with van der Waals surface area (Å²) in [5.41, 5.74) is 1.35. The molecule has 2 rings (SSSR count). The van der Waals surface area contributed by atoms with E-state index < -0.39 is 0 Å². The predicted octanol–water partition coefficient (Wildman–Crippen LogP) is 2.40. The second kappa shape index (κ2) is 6.96. The second-order valence-electron chi connectivity index (χ2n) is 4.28.